The third-order valence-electron chi connectivity index (χ3n) is 5.00. The highest BCUT2D eigenvalue weighted by molar-refractivity contribution is 8.00. The number of aryl methyl sites for hydroxylation is 1. The van der Waals surface area contributed by atoms with E-state index >= 15 is 0 Å². The number of carbonyl (C=O) groups is 1. The summed E-state index contributed by atoms with van der Waals surface area (Å²) in [7, 11) is -3.03. The standard InChI is InChI=1S/C19H26N4O3S2/c1-4-14-6-8-15(9-7-14)17-20-19(22-21-17)27-13(3)18(24)23(5-2)16-10-11-28(25,26)12-16/h6-9,13,16H,4-5,10-12H2,1-3H3,(H,20,21,22)/t13-,16-/m1/s1. The molecule has 152 valence electrons. The molecule has 1 fully saturated rings. The van der Waals surface area contributed by atoms with Crippen LogP contribution in [-0.2, 0) is 21.1 Å². The molecule has 0 radical (unpaired) electrons. The van der Waals surface area contributed by atoms with E-state index < -0.39 is 15.1 Å². The van der Waals surface area contributed by atoms with E-state index in [1.807, 2.05) is 26.0 Å². The Balaban J connectivity index is 1.66. The molecule has 1 aromatic heterocycles. The Morgan fingerprint density at radius 3 is 2.61 bits per heavy atom. The Morgan fingerprint density at radius 1 is 1.32 bits per heavy atom. The van der Waals surface area contributed by atoms with Gasteiger partial charge in [-0.15, -0.1) is 5.10 Å². The van der Waals surface area contributed by atoms with Gasteiger partial charge in [-0.1, -0.05) is 43.0 Å². The van der Waals surface area contributed by atoms with Crippen molar-refractivity contribution in [3.8, 4) is 11.4 Å². The monoisotopic (exact) mass is 422 g/mol. The summed E-state index contributed by atoms with van der Waals surface area (Å²) < 4.78 is 23.5. The zero-order valence-electron chi connectivity index (χ0n) is 16.4. The Morgan fingerprint density at radius 2 is 2.04 bits per heavy atom. The van der Waals surface area contributed by atoms with E-state index in [4.69, 9.17) is 0 Å². The van der Waals surface area contributed by atoms with E-state index in [0.717, 1.165) is 12.0 Å². The number of hydrogen-bond donors (Lipinski definition) is 1. The maximum Gasteiger partial charge on any atom is 0.236 e. The van der Waals surface area contributed by atoms with Crippen LogP contribution in [0.5, 0.6) is 0 Å². The van der Waals surface area contributed by atoms with Crippen LogP contribution < -0.4 is 0 Å². The summed E-state index contributed by atoms with van der Waals surface area (Å²) in [6.07, 6.45) is 1.49. The SMILES string of the molecule is CCc1ccc(-c2nc(S[C@H](C)C(=O)N(CC)[C@@H]3CCS(=O)(=O)C3)n[nH]2)cc1. The molecule has 0 spiro atoms. The summed E-state index contributed by atoms with van der Waals surface area (Å²) in [6.45, 7) is 6.29. The van der Waals surface area contributed by atoms with Crippen molar-refractivity contribution < 1.29 is 13.2 Å². The highest BCUT2D eigenvalue weighted by Gasteiger charge is 2.35. The largest absolute Gasteiger partial charge is 0.338 e. The van der Waals surface area contributed by atoms with Gasteiger partial charge in [0.25, 0.3) is 0 Å². The lowest BCUT2D eigenvalue weighted by molar-refractivity contribution is -0.131. The summed E-state index contributed by atoms with van der Waals surface area (Å²) in [5.74, 6) is 0.805. The number of H-pyrrole nitrogens is 1. The van der Waals surface area contributed by atoms with Crippen molar-refractivity contribution in [3.63, 3.8) is 0 Å². The fourth-order valence-electron chi connectivity index (χ4n) is 3.38. The smallest absolute Gasteiger partial charge is 0.236 e. The second kappa shape index (κ2) is 8.65. The molecule has 1 N–H and O–H groups in total. The summed E-state index contributed by atoms with van der Waals surface area (Å²) in [6, 6.07) is 7.89. The van der Waals surface area contributed by atoms with Crippen molar-refractivity contribution in [1.82, 2.24) is 20.1 Å². The van der Waals surface area contributed by atoms with Crippen molar-refractivity contribution in [3.05, 3.63) is 29.8 Å². The third kappa shape index (κ3) is 4.75. The molecule has 2 aromatic rings. The molecule has 1 saturated heterocycles. The van der Waals surface area contributed by atoms with Crippen LogP contribution in [0.1, 0.15) is 32.8 Å². The number of carbonyl (C=O) groups excluding carboxylic acids is 1. The first kappa shape index (κ1) is 20.9. The zero-order chi connectivity index (χ0) is 20.3. The topological polar surface area (TPSA) is 96.0 Å². The number of amides is 1. The van der Waals surface area contributed by atoms with Crippen molar-refractivity contribution in [2.45, 2.75) is 50.1 Å². The van der Waals surface area contributed by atoms with E-state index in [9.17, 15) is 13.2 Å². The summed E-state index contributed by atoms with van der Waals surface area (Å²) in [5, 5.41) is 7.26. The number of hydrogen-bond acceptors (Lipinski definition) is 6. The van der Waals surface area contributed by atoms with Gasteiger partial charge in [0.15, 0.2) is 15.7 Å². The molecule has 0 unspecified atom stereocenters. The van der Waals surface area contributed by atoms with Crippen LogP contribution in [0.3, 0.4) is 0 Å². The molecular weight excluding hydrogens is 396 g/mol. The van der Waals surface area contributed by atoms with Gasteiger partial charge in [0.2, 0.25) is 11.1 Å². The average molecular weight is 423 g/mol. The molecule has 1 amide bonds. The molecule has 3 rings (SSSR count). The van der Waals surface area contributed by atoms with Gasteiger partial charge in [-0.25, -0.2) is 13.4 Å². The predicted molar refractivity (Wildman–Crippen MR) is 111 cm³/mol. The van der Waals surface area contributed by atoms with Crippen LogP contribution in [0.2, 0.25) is 0 Å². The fraction of sp³-hybridized carbons (Fsp3) is 0.526. The van der Waals surface area contributed by atoms with Gasteiger partial charge in [-0.3, -0.25) is 9.89 Å². The minimum Gasteiger partial charge on any atom is -0.338 e. The molecule has 1 aliphatic heterocycles. The summed E-state index contributed by atoms with van der Waals surface area (Å²) in [5.41, 5.74) is 2.20. The molecule has 0 bridgehead atoms. The molecule has 2 atom stereocenters. The first-order chi connectivity index (χ1) is 13.3. The molecule has 2 heterocycles. The highest BCUT2D eigenvalue weighted by Crippen LogP contribution is 2.26. The molecule has 0 aliphatic carbocycles. The number of nitrogens with zero attached hydrogens (tertiary/aromatic N) is 3. The van der Waals surface area contributed by atoms with Gasteiger partial charge in [-0.05, 0) is 32.3 Å². The Hall–Kier alpha value is -1.87. The Labute approximate surface area is 170 Å². The minimum absolute atomic E-state index is 0.0581. The number of rotatable bonds is 7. The van der Waals surface area contributed by atoms with E-state index in [1.165, 1.54) is 17.3 Å². The normalized spacial score (nSPS) is 19.5. The van der Waals surface area contributed by atoms with E-state index in [-0.39, 0.29) is 23.5 Å². The van der Waals surface area contributed by atoms with Crippen molar-refractivity contribution >= 4 is 27.5 Å². The number of thioether (sulfide) groups is 1. The number of aromatic nitrogens is 3. The second-order valence-corrected chi connectivity index (χ2v) is 10.5. The lowest BCUT2D eigenvalue weighted by Gasteiger charge is -2.29. The van der Waals surface area contributed by atoms with Crippen molar-refractivity contribution in [1.29, 1.82) is 0 Å². The number of sulfone groups is 1. The first-order valence-electron chi connectivity index (χ1n) is 9.52. The molecule has 1 aromatic carbocycles. The maximum atomic E-state index is 12.9. The van der Waals surface area contributed by atoms with Gasteiger partial charge in [0.1, 0.15) is 0 Å². The minimum atomic E-state index is -3.03. The molecule has 0 saturated carbocycles. The lowest BCUT2D eigenvalue weighted by Crippen LogP contribution is -2.44. The molecule has 7 nitrogen and oxygen atoms in total. The number of benzene rings is 1. The quantitative estimate of drug-likeness (QED) is 0.689. The molecule has 1 aliphatic rings. The second-order valence-electron chi connectivity index (χ2n) is 6.96. The first-order valence-corrected chi connectivity index (χ1v) is 12.2. The number of aromatic amines is 1. The maximum absolute atomic E-state index is 12.9. The van der Waals surface area contributed by atoms with Crippen LogP contribution in [0.4, 0.5) is 0 Å². The van der Waals surface area contributed by atoms with Gasteiger partial charge >= 0.3 is 0 Å². The predicted octanol–water partition coefficient (Wildman–Crippen LogP) is 2.55. The molecule has 28 heavy (non-hydrogen) atoms. The van der Waals surface area contributed by atoms with E-state index in [1.54, 1.807) is 4.90 Å². The lowest BCUT2D eigenvalue weighted by atomic mass is 10.1. The van der Waals surface area contributed by atoms with Crippen molar-refractivity contribution in [2.75, 3.05) is 18.1 Å². The van der Waals surface area contributed by atoms with Crippen molar-refractivity contribution in [2.24, 2.45) is 0 Å². The molecular formula is C19H26N4O3S2. The van der Waals surface area contributed by atoms with Crippen LogP contribution >= 0.6 is 11.8 Å². The Bertz CT molecular complexity index is 925. The zero-order valence-corrected chi connectivity index (χ0v) is 18.0. The van der Waals surface area contributed by atoms with Crippen LogP contribution in [0.15, 0.2) is 29.4 Å². The van der Waals surface area contributed by atoms with Gasteiger partial charge in [-0.2, -0.15) is 0 Å². The van der Waals surface area contributed by atoms with E-state index in [2.05, 4.69) is 34.2 Å². The van der Waals surface area contributed by atoms with Gasteiger partial charge in [0.05, 0.1) is 16.8 Å². The third-order valence-corrected chi connectivity index (χ3v) is 7.70. The average Bonchev–Trinajstić information content (AvgIpc) is 3.28. The molecule has 9 heteroatoms. The van der Waals surface area contributed by atoms with Crippen LogP contribution in [0, 0.1) is 0 Å². The van der Waals surface area contributed by atoms with Crippen LogP contribution in [-0.4, -0.2) is 63.7 Å². The summed E-state index contributed by atoms with van der Waals surface area (Å²) in [4.78, 5) is 19.0. The summed E-state index contributed by atoms with van der Waals surface area (Å²) >= 11 is 1.28. The van der Waals surface area contributed by atoms with E-state index in [0.29, 0.717) is 23.9 Å². The number of nitrogens with one attached hydrogen (secondary N) is 1. The Kier molecular flexibility index (Phi) is 6.44. The van der Waals surface area contributed by atoms with Crippen LogP contribution in [0.25, 0.3) is 11.4 Å². The van der Waals surface area contributed by atoms with Gasteiger partial charge in [0, 0.05) is 18.2 Å². The van der Waals surface area contributed by atoms with Gasteiger partial charge < -0.3 is 4.90 Å². The fourth-order valence-corrected chi connectivity index (χ4v) is 5.91. The highest BCUT2D eigenvalue weighted by atomic mass is 32.2.